The van der Waals surface area contributed by atoms with Gasteiger partial charge in [0.1, 0.15) is 5.75 Å². The molecule has 0 radical (unpaired) electrons. The molecule has 7 heteroatoms. The Morgan fingerprint density at radius 3 is 2.38 bits per heavy atom. The van der Waals surface area contributed by atoms with E-state index in [0.717, 1.165) is 0 Å². The Labute approximate surface area is 125 Å². The molecule has 108 valence electrons. The van der Waals surface area contributed by atoms with Gasteiger partial charge in [0.25, 0.3) is 0 Å². The molecular formula is C14H12FN3O2S. The van der Waals surface area contributed by atoms with Crippen LogP contribution < -0.4 is 11.2 Å². The zero-order valence-corrected chi connectivity index (χ0v) is 11.6. The first-order valence-electron chi connectivity index (χ1n) is 5.88. The summed E-state index contributed by atoms with van der Waals surface area (Å²) in [5.41, 5.74) is 9.22. The summed E-state index contributed by atoms with van der Waals surface area (Å²) in [6.45, 7) is 0. The monoisotopic (exact) mass is 305 g/mol. The van der Waals surface area contributed by atoms with Crippen LogP contribution in [-0.2, 0) is 0 Å². The lowest BCUT2D eigenvalue weighted by molar-refractivity contribution is 0.432. The second-order valence-electron chi connectivity index (χ2n) is 4.17. The fraction of sp³-hybridized carbons (Fsp3) is 0. The van der Waals surface area contributed by atoms with Crippen LogP contribution in [-0.4, -0.2) is 21.5 Å². The van der Waals surface area contributed by atoms with E-state index >= 15 is 0 Å². The number of hydrazone groups is 1. The molecule has 5 nitrogen and oxygen atoms in total. The van der Waals surface area contributed by atoms with Crippen LogP contribution in [0.4, 0.5) is 4.39 Å². The maximum Gasteiger partial charge on any atom is 0.184 e. The smallest absolute Gasteiger partial charge is 0.184 e. The van der Waals surface area contributed by atoms with Crippen LogP contribution in [0.1, 0.15) is 5.56 Å². The van der Waals surface area contributed by atoms with E-state index in [9.17, 15) is 14.6 Å². The standard InChI is InChI=1S/C14H12FN3O2S/c15-11-6-9(2-4-13(11)20)8-1-3-12(19)10(5-8)7-17-18-14(16)21/h1-7,19-20H,(H3,16,18,21). The molecular weight excluding hydrogens is 293 g/mol. The third-order valence-corrected chi connectivity index (χ3v) is 2.78. The highest BCUT2D eigenvalue weighted by atomic mass is 32.1. The van der Waals surface area contributed by atoms with Gasteiger partial charge in [-0.25, -0.2) is 4.39 Å². The minimum atomic E-state index is -0.717. The Morgan fingerprint density at radius 1 is 1.14 bits per heavy atom. The van der Waals surface area contributed by atoms with E-state index < -0.39 is 11.6 Å². The van der Waals surface area contributed by atoms with Crippen molar-refractivity contribution in [1.29, 1.82) is 0 Å². The number of rotatable bonds is 3. The van der Waals surface area contributed by atoms with Gasteiger partial charge >= 0.3 is 0 Å². The zero-order chi connectivity index (χ0) is 15.4. The van der Waals surface area contributed by atoms with E-state index in [0.29, 0.717) is 16.7 Å². The van der Waals surface area contributed by atoms with Crippen molar-refractivity contribution in [3.8, 4) is 22.6 Å². The maximum atomic E-state index is 13.4. The predicted molar refractivity (Wildman–Crippen MR) is 82.7 cm³/mol. The van der Waals surface area contributed by atoms with Crippen LogP contribution in [0.25, 0.3) is 11.1 Å². The molecule has 0 aromatic heterocycles. The molecule has 0 spiro atoms. The van der Waals surface area contributed by atoms with Gasteiger partial charge in [0.15, 0.2) is 16.7 Å². The molecule has 0 aliphatic heterocycles. The average Bonchev–Trinajstić information content (AvgIpc) is 2.43. The largest absolute Gasteiger partial charge is 0.507 e. The number of benzene rings is 2. The number of aromatic hydroxyl groups is 2. The van der Waals surface area contributed by atoms with Crippen molar-refractivity contribution in [2.75, 3.05) is 0 Å². The molecule has 0 saturated heterocycles. The minimum Gasteiger partial charge on any atom is -0.507 e. The molecule has 2 rings (SSSR count). The molecule has 0 bridgehead atoms. The molecule has 2 aromatic carbocycles. The number of nitrogens with two attached hydrogens (primary N) is 1. The minimum absolute atomic E-state index is 0.00231. The summed E-state index contributed by atoms with van der Waals surface area (Å²) in [6, 6.07) is 8.74. The summed E-state index contributed by atoms with van der Waals surface area (Å²) in [4.78, 5) is 0. The van der Waals surface area contributed by atoms with Gasteiger partial charge in [0.2, 0.25) is 0 Å². The van der Waals surface area contributed by atoms with Gasteiger partial charge in [-0.2, -0.15) is 5.10 Å². The summed E-state index contributed by atoms with van der Waals surface area (Å²) >= 11 is 4.60. The normalized spacial score (nSPS) is 10.7. The number of halogens is 1. The first kappa shape index (κ1) is 14.7. The highest BCUT2D eigenvalue weighted by Crippen LogP contribution is 2.28. The highest BCUT2D eigenvalue weighted by molar-refractivity contribution is 7.80. The molecule has 0 aliphatic rings. The first-order valence-corrected chi connectivity index (χ1v) is 6.28. The Kier molecular flexibility index (Phi) is 4.34. The van der Waals surface area contributed by atoms with Crippen LogP contribution in [0.5, 0.6) is 11.5 Å². The van der Waals surface area contributed by atoms with Crippen molar-refractivity contribution in [1.82, 2.24) is 5.43 Å². The molecule has 0 unspecified atom stereocenters. The van der Waals surface area contributed by atoms with E-state index in [-0.39, 0.29) is 10.9 Å². The summed E-state index contributed by atoms with van der Waals surface area (Å²) in [5, 5.41) is 22.7. The molecule has 0 atom stereocenters. The van der Waals surface area contributed by atoms with Gasteiger partial charge < -0.3 is 15.9 Å². The second kappa shape index (κ2) is 6.19. The van der Waals surface area contributed by atoms with Crippen LogP contribution in [0, 0.1) is 5.82 Å². The lowest BCUT2D eigenvalue weighted by Crippen LogP contribution is -2.23. The van der Waals surface area contributed by atoms with Crippen molar-refractivity contribution >= 4 is 23.5 Å². The molecule has 21 heavy (non-hydrogen) atoms. The van der Waals surface area contributed by atoms with Gasteiger partial charge in [0, 0.05) is 5.56 Å². The van der Waals surface area contributed by atoms with Crippen LogP contribution in [0.3, 0.4) is 0 Å². The topological polar surface area (TPSA) is 90.9 Å². The van der Waals surface area contributed by atoms with E-state index in [2.05, 4.69) is 22.7 Å². The number of phenolic OH excluding ortho intramolecular Hbond substituents is 2. The molecule has 2 aromatic rings. The summed E-state index contributed by atoms with van der Waals surface area (Å²) in [7, 11) is 0. The van der Waals surface area contributed by atoms with E-state index in [1.807, 2.05) is 0 Å². The van der Waals surface area contributed by atoms with E-state index in [1.54, 1.807) is 18.2 Å². The number of hydrogen-bond acceptors (Lipinski definition) is 4. The summed E-state index contributed by atoms with van der Waals surface area (Å²) in [5.74, 6) is -1.13. The fourth-order valence-electron chi connectivity index (χ4n) is 1.69. The summed E-state index contributed by atoms with van der Waals surface area (Å²) < 4.78 is 13.4. The zero-order valence-electron chi connectivity index (χ0n) is 10.7. The van der Waals surface area contributed by atoms with Gasteiger partial charge in [-0.1, -0.05) is 12.1 Å². The Bertz CT molecular complexity index is 719. The lowest BCUT2D eigenvalue weighted by atomic mass is 10.0. The highest BCUT2D eigenvalue weighted by Gasteiger charge is 2.06. The third-order valence-electron chi connectivity index (χ3n) is 2.69. The Balaban J connectivity index is 2.35. The first-order chi connectivity index (χ1) is 9.97. The number of phenols is 2. The number of nitrogens with one attached hydrogen (secondary N) is 1. The van der Waals surface area contributed by atoms with Gasteiger partial charge in [-0.15, -0.1) is 0 Å². The van der Waals surface area contributed by atoms with Gasteiger partial charge in [-0.3, -0.25) is 5.43 Å². The quantitative estimate of drug-likeness (QED) is 0.396. The number of nitrogens with zero attached hydrogens (tertiary/aromatic N) is 1. The Morgan fingerprint density at radius 2 is 1.76 bits per heavy atom. The SMILES string of the molecule is NC(=S)NN=Cc1cc(-c2ccc(O)c(F)c2)ccc1O. The fourth-order valence-corrected chi connectivity index (χ4v) is 1.74. The van der Waals surface area contributed by atoms with Crippen molar-refractivity contribution < 1.29 is 14.6 Å². The van der Waals surface area contributed by atoms with E-state index in [1.165, 1.54) is 24.4 Å². The van der Waals surface area contributed by atoms with Crippen molar-refractivity contribution in [2.45, 2.75) is 0 Å². The number of thiocarbonyl (C=S) groups is 1. The van der Waals surface area contributed by atoms with Crippen molar-refractivity contribution in [3.05, 3.63) is 47.8 Å². The van der Waals surface area contributed by atoms with Crippen molar-refractivity contribution in [3.63, 3.8) is 0 Å². The molecule has 0 aliphatic carbocycles. The maximum absolute atomic E-state index is 13.4. The Hall–Kier alpha value is -2.67. The van der Waals surface area contributed by atoms with Crippen LogP contribution in [0.15, 0.2) is 41.5 Å². The average molecular weight is 305 g/mol. The molecule has 0 amide bonds. The van der Waals surface area contributed by atoms with Crippen LogP contribution >= 0.6 is 12.2 Å². The van der Waals surface area contributed by atoms with E-state index in [4.69, 9.17) is 5.73 Å². The third kappa shape index (κ3) is 3.67. The lowest BCUT2D eigenvalue weighted by Gasteiger charge is -2.06. The predicted octanol–water partition coefficient (Wildman–Crippen LogP) is 2.07. The molecule has 5 N–H and O–H groups in total. The second-order valence-corrected chi connectivity index (χ2v) is 4.61. The molecule has 0 fully saturated rings. The van der Waals surface area contributed by atoms with Crippen LogP contribution in [0.2, 0.25) is 0 Å². The van der Waals surface area contributed by atoms with Gasteiger partial charge in [0.05, 0.1) is 6.21 Å². The number of hydrogen-bond donors (Lipinski definition) is 4. The van der Waals surface area contributed by atoms with Crippen molar-refractivity contribution in [2.24, 2.45) is 10.8 Å². The van der Waals surface area contributed by atoms with Gasteiger partial charge in [-0.05, 0) is 47.6 Å². The molecule has 0 heterocycles. The summed E-state index contributed by atoms with van der Waals surface area (Å²) in [6.07, 6.45) is 1.34. The molecule has 0 saturated carbocycles.